The van der Waals surface area contributed by atoms with Gasteiger partial charge in [-0.1, -0.05) is 0 Å². The molecule has 2 aromatic heterocycles. The smallest absolute Gasteiger partial charge is 0.384 e. The first kappa shape index (κ1) is 14.4. The summed E-state index contributed by atoms with van der Waals surface area (Å²) in [5.74, 6) is -1.64. The molecule has 0 atom stereocenters. The second-order valence-electron chi connectivity index (χ2n) is 3.61. The number of nitrogens with zero attached hydrogens (tertiary/aromatic N) is 4. The Bertz CT molecular complexity index is 679. The van der Waals surface area contributed by atoms with E-state index in [4.69, 9.17) is 5.73 Å². The molecule has 3 N–H and O–H groups in total. The van der Waals surface area contributed by atoms with E-state index in [1.54, 1.807) is 6.92 Å². The number of aromatic nitrogens is 5. The monoisotopic (exact) mass is 306 g/mol. The van der Waals surface area contributed by atoms with Crippen molar-refractivity contribution in [3.8, 4) is 0 Å². The molecular formula is C9H9F3N6OS. The van der Waals surface area contributed by atoms with Crippen molar-refractivity contribution in [2.75, 3.05) is 5.73 Å². The van der Waals surface area contributed by atoms with E-state index in [1.165, 1.54) is 10.6 Å². The van der Waals surface area contributed by atoms with Crippen LogP contribution in [0.25, 0.3) is 0 Å². The van der Waals surface area contributed by atoms with Crippen molar-refractivity contribution in [3.63, 3.8) is 0 Å². The van der Waals surface area contributed by atoms with Gasteiger partial charge in [0.2, 0.25) is 5.82 Å². The van der Waals surface area contributed by atoms with Gasteiger partial charge in [0, 0.05) is 12.6 Å². The first-order chi connectivity index (χ1) is 9.31. The van der Waals surface area contributed by atoms with E-state index < -0.39 is 17.7 Å². The van der Waals surface area contributed by atoms with E-state index in [0.717, 1.165) is 11.8 Å². The number of hydrogen-bond donors (Lipinski definition) is 2. The summed E-state index contributed by atoms with van der Waals surface area (Å²) in [6, 6.07) is 1.18. The molecule has 2 heterocycles. The van der Waals surface area contributed by atoms with E-state index >= 15 is 0 Å². The number of halogens is 3. The van der Waals surface area contributed by atoms with E-state index in [1.807, 2.05) is 0 Å². The van der Waals surface area contributed by atoms with Gasteiger partial charge in [-0.05, 0) is 18.7 Å². The van der Waals surface area contributed by atoms with Crippen molar-refractivity contribution in [2.45, 2.75) is 29.8 Å². The zero-order chi connectivity index (χ0) is 14.9. The third-order valence-corrected chi connectivity index (χ3v) is 3.12. The van der Waals surface area contributed by atoms with Crippen molar-refractivity contribution in [1.29, 1.82) is 0 Å². The van der Waals surface area contributed by atoms with Crippen LogP contribution in [0.5, 0.6) is 0 Å². The Hall–Kier alpha value is -2.04. The lowest BCUT2D eigenvalue weighted by molar-refractivity contribution is -0.145. The normalized spacial score (nSPS) is 11.8. The number of aromatic amines is 1. The third kappa shape index (κ3) is 2.92. The Morgan fingerprint density at radius 2 is 2.15 bits per heavy atom. The van der Waals surface area contributed by atoms with Crippen molar-refractivity contribution in [3.05, 3.63) is 22.4 Å². The summed E-state index contributed by atoms with van der Waals surface area (Å²) in [5, 5.41) is 6.07. The standard InChI is InChI=1S/C9H9F3N6OS/c1-2-18-7(19)16-17-8(18)20-5-3-4(13)14-6(15-5)9(10,11)12/h3H,2H2,1H3,(H,16,19)(H2,13,14,15). The predicted molar refractivity (Wildman–Crippen MR) is 64.1 cm³/mol. The van der Waals surface area contributed by atoms with Gasteiger partial charge in [0.25, 0.3) is 0 Å². The molecule has 0 unspecified atom stereocenters. The van der Waals surface area contributed by atoms with Crippen LogP contribution in [-0.4, -0.2) is 24.7 Å². The van der Waals surface area contributed by atoms with E-state index in [2.05, 4.69) is 20.2 Å². The zero-order valence-corrected chi connectivity index (χ0v) is 10.9. The maximum absolute atomic E-state index is 12.6. The van der Waals surface area contributed by atoms with Gasteiger partial charge < -0.3 is 5.73 Å². The molecule has 11 heteroatoms. The van der Waals surface area contributed by atoms with Crippen LogP contribution in [0.1, 0.15) is 12.7 Å². The number of nitrogen functional groups attached to an aromatic ring is 1. The third-order valence-electron chi connectivity index (χ3n) is 2.21. The van der Waals surface area contributed by atoms with Crippen molar-refractivity contribution < 1.29 is 13.2 Å². The molecule has 0 fully saturated rings. The van der Waals surface area contributed by atoms with Crippen molar-refractivity contribution in [2.24, 2.45) is 0 Å². The first-order valence-corrected chi connectivity index (χ1v) is 6.17. The van der Waals surface area contributed by atoms with Crippen LogP contribution in [0.2, 0.25) is 0 Å². The fourth-order valence-corrected chi connectivity index (χ4v) is 2.29. The quantitative estimate of drug-likeness (QED) is 0.824. The molecule has 20 heavy (non-hydrogen) atoms. The van der Waals surface area contributed by atoms with Crippen molar-refractivity contribution in [1.82, 2.24) is 24.7 Å². The SMILES string of the molecule is CCn1c(Sc2cc(N)nc(C(F)(F)F)n2)n[nH]c1=O. The van der Waals surface area contributed by atoms with E-state index in [9.17, 15) is 18.0 Å². The molecule has 0 saturated heterocycles. The lowest BCUT2D eigenvalue weighted by atomic mass is 10.5. The van der Waals surface area contributed by atoms with Crippen LogP contribution in [0.3, 0.4) is 0 Å². The molecule has 0 aliphatic carbocycles. The summed E-state index contributed by atoms with van der Waals surface area (Å²) >= 11 is 0.794. The Labute approximate surface area is 114 Å². The van der Waals surface area contributed by atoms with Gasteiger partial charge in [-0.2, -0.15) is 13.2 Å². The minimum absolute atomic E-state index is 0.0430. The first-order valence-electron chi connectivity index (χ1n) is 5.36. The molecule has 0 aliphatic heterocycles. The Morgan fingerprint density at radius 1 is 1.45 bits per heavy atom. The Balaban J connectivity index is 2.39. The maximum Gasteiger partial charge on any atom is 0.451 e. The van der Waals surface area contributed by atoms with Crippen LogP contribution < -0.4 is 11.4 Å². The van der Waals surface area contributed by atoms with Gasteiger partial charge in [0.1, 0.15) is 10.8 Å². The number of rotatable bonds is 3. The van der Waals surface area contributed by atoms with Crippen LogP contribution in [0, 0.1) is 0 Å². The highest BCUT2D eigenvalue weighted by molar-refractivity contribution is 7.99. The minimum Gasteiger partial charge on any atom is -0.384 e. The highest BCUT2D eigenvalue weighted by Gasteiger charge is 2.35. The number of hydrogen-bond acceptors (Lipinski definition) is 6. The molecule has 0 bridgehead atoms. The second kappa shape index (κ2) is 5.15. The summed E-state index contributed by atoms with van der Waals surface area (Å²) in [5.41, 5.74) is 4.87. The van der Waals surface area contributed by atoms with Gasteiger partial charge in [-0.25, -0.2) is 19.9 Å². The molecule has 2 rings (SSSR count). The van der Waals surface area contributed by atoms with Crippen LogP contribution in [0.4, 0.5) is 19.0 Å². The molecule has 0 saturated carbocycles. The molecular weight excluding hydrogens is 297 g/mol. The number of nitrogens with two attached hydrogens (primary N) is 1. The lowest BCUT2D eigenvalue weighted by Crippen LogP contribution is -2.16. The number of H-pyrrole nitrogens is 1. The van der Waals surface area contributed by atoms with E-state index in [0.29, 0.717) is 6.54 Å². The molecule has 0 aromatic carbocycles. The van der Waals surface area contributed by atoms with Crippen LogP contribution in [-0.2, 0) is 12.7 Å². The second-order valence-corrected chi connectivity index (χ2v) is 4.60. The largest absolute Gasteiger partial charge is 0.451 e. The average Bonchev–Trinajstić information content (AvgIpc) is 2.68. The highest BCUT2D eigenvalue weighted by Crippen LogP contribution is 2.30. The van der Waals surface area contributed by atoms with Gasteiger partial charge in [-0.3, -0.25) is 4.57 Å². The molecule has 0 radical (unpaired) electrons. The van der Waals surface area contributed by atoms with Crippen molar-refractivity contribution >= 4 is 17.6 Å². The van der Waals surface area contributed by atoms with Gasteiger partial charge in [0.15, 0.2) is 5.16 Å². The highest BCUT2D eigenvalue weighted by atomic mass is 32.2. The molecule has 0 amide bonds. The van der Waals surface area contributed by atoms with Gasteiger partial charge >= 0.3 is 11.9 Å². The molecule has 0 aliphatic rings. The van der Waals surface area contributed by atoms with Crippen LogP contribution in [0.15, 0.2) is 21.0 Å². The van der Waals surface area contributed by atoms with Gasteiger partial charge in [-0.15, -0.1) is 5.10 Å². The summed E-state index contributed by atoms with van der Waals surface area (Å²) in [4.78, 5) is 17.8. The Morgan fingerprint density at radius 3 is 2.75 bits per heavy atom. The van der Waals surface area contributed by atoms with Crippen LogP contribution >= 0.6 is 11.8 Å². The average molecular weight is 306 g/mol. The summed E-state index contributed by atoms with van der Waals surface area (Å²) in [7, 11) is 0. The maximum atomic E-state index is 12.6. The lowest BCUT2D eigenvalue weighted by Gasteiger charge is -2.07. The molecule has 0 spiro atoms. The summed E-state index contributed by atoms with van der Waals surface area (Å²) < 4.78 is 39.0. The number of alkyl halides is 3. The minimum atomic E-state index is -4.69. The zero-order valence-electron chi connectivity index (χ0n) is 10.1. The molecule has 108 valence electrons. The molecule has 2 aromatic rings. The topological polar surface area (TPSA) is 102 Å². The Kier molecular flexibility index (Phi) is 3.70. The predicted octanol–water partition coefficient (Wildman–Crippen LogP) is 1.13. The number of nitrogens with one attached hydrogen (secondary N) is 1. The fourth-order valence-electron chi connectivity index (χ4n) is 1.38. The fraction of sp³-hybridized carbons (Fsp3) is 0.333. The number of anilines is 1. The van der Waals surface area contributed by atoms with E-state index in [-0.39, 0.29) is 16.0 Å². The molecule has 7 nitrogen and oxygen atoms in total. The summed E-state index contributed by atoms with van der Waals surface area (Å²) in [6.07, 6.45) is -4.69. The summed E-state index contributed by atoms with van der Waals surface area (Å²) in [6.45, 7) is 2.03. The van der Waals surface area contributed by atoms with Gasteiger partial charge in [0.05, 0.1) is 0 Å².